The first-order valence-electron chi connectivity index (χ1n) is 6.74. The molecule has 0 aliphatic carbocycles. The van der Waals surface area contributed by atoms with E-state index in [9.17, 15) is 0 Å². The first-order valence-corrected chi connectivity index (χ1v) is 7.53. The number of halogens is 1. The minimum atomic E-state index is 0.255. The molecule has 1 N–H and O–H groups in total. The Morgan fingerprint density at radius 1 is 1.32 bits per heavy atom. The Hall–Kier alpha value is -0.580. The van der Waals surface area contributed by atoms with Gasteiger partial charge in [-0.25, -0.2) is 0 Å². The maximum absolute atomic E-state index is 5.72. The molecule has 0 saturated heterocycles. The van der Waals surface area contributed by atoms with E-state index in [2.05, 4.69) is 48.1 Å². The average molecular weight is 330 g/mol. The number of methoxy groups -OCH3 is 1. The molecule has 0 heterocycles. The lowest BCUT2D eigenvalue weighted by molar-refractivity contribution is 0.0615. The molecular formula is C15H24BrNO2. The van der Waals surface area contributed by atoms with Crippen LogP contribution in [0.15, 0.2) is 22.7 Å². The smallest absolute Gasteiger partial charge is 0.122 e. The molecule has 1 rings (SSSR count). The van der Waals surface area contributed by atoms with E-state index >= 15 is 0 Å². The summed E-state index contributed by atoms with van der Waals surface area (Å²) in [5.74, 6) is 0.927. The summed E-state index contributed by atoms with van der Waals surface area (Å²) in [5, 5.41) is 3.46. The van der Waals surface area contributed by atoms with Gasteiger partial charge < -0.3 is 14.8 Å². The molecule has 0 amide bonds. The highest BCUT2D eigenvalue weighted by Gasteiger charge is 2.13. The Morgan fingerprint density at radius 3 is 2.63 bits per heavy atom. The van der Waals surface area contributed by atoms with Crippen LogP contribution in [0.3, 0.4) is 0 Å². The van der Waals surface area contributed by atoms with Gasteiger partial charge in [-0.3, -0.25) is 0 Å². The average Bonchev–Trinajstić information content (AvgIpc) is 2.36. The van der Waals surface area contributed by atoms with E-state index in [-0.39, 0.29) is 6.10 Å². The predicted octanol–water partition coefficient (Wildman–Crippen LogP) is 3.40. The third-order valence-corrected chi connectivity index (χ3v) is 3.33. The van der Waals surface area contributed by atoms with Crippen LogP contribution in [-0.2, 0) is 11.2 Å². The molecule has 0 radical (unpaired) electrons. The third-order valence-electron chi connectivity index (χ3n) is 2.83. The molecule has 0 saturated carbocycles. The van der Waals surface area contributed by atoms with Crippen molar-refractivity contribution < 1.29 is 9.47 Å². The normalized spacial score (nSPS) is 12.7. The molecule has 0 aliphatic rings. The maximum atomic E-state index is 5.72. The van der Waals surface area contributed by atoms with E-state index in [0.29, 0.717) is 12.6 Å². The quantitative estimate of drug-likeness (QED) is 0.792. The van der Waals surface area contributed by atoms with Crippen molar-refractivity contribution in [3.8, 4) is 5.75 Å². The van der Waals surface area contributed by atoms with Crippen LogP contribution in [0.1, 0.15) is 26.3 Å². The number of rotatable bonds is 8. The highest BCUT2D eigenvalue weighted by atomic mass is 79.9. The Morgan fingerprint density at radius 2 is 2.05 bits per heavy atom. The molecule has 3 nitrogen and oxygen atoms in total. The van der Waals surface area contributed by atoms with Gasteiger partial charge in [0.15, 0.2) is 0 Å². The van der Waals surface area contributed by atoms with Crippen LogP contribution in [0, 0.1) is 0 Å². The summed E-state index contributed by atoms with van der Waals surface area (Å²) in [4.78, 5) is 0. The van der Waals surface area contributed by atoms with Crippen LogP contribution in [0.5, 0.6) is 5.75 Å². The second kappa shape index (κ2) is 8.56. The summed E-state index contributed by atoms with van der Waals surface area (Å²) in [5.41, 5.74) is 1.19. The first-order chi connectivity index (χ1) is 9.06. The van der Waals surface area contributed by atoms with Crippen molar-refractivity contribution >= 4 is 15.9 Å². The van der Waals surface area contributed by atoms with Crippen LogP contribution < -0.4 is 10.1 Å². The lowest BCUT2D eigenvalue weighted by atomic mass is 10.1. The topological polar surface area (TPSA) is 30.5 Å². The van der Waals surface area contributed by atoms with Gasteiger partial charge in [0, 0.05) is 10.5 Å². The number of hydrogen-bond acceptors (Lipinski definition) is 3. The second-order valence-electron chi connectivity index (χ2n) is 4.80. The van der Waals surface area contributed by atoms with E-state index in [0.717, 1.165) is 23.2 Å². The van der Waals surface area contributed by atoms with Crippen LogP contribution in [0.2, 0.25) is 0 Å². The molecule has 0 fully saturated rings. The molecule has 4 heteroatoms. The fourth-order valence-corrected chi connectivity index (χ4v) is 2.37. The van der Waals surface area contributed by atoms with Crippen molar-refractivity contribution in [2.75, 3.05) is 20.3 Å². The lowest BCUT2D eigenvalue weighted by Crippen LogP contribution is -2.36. The molecule has 108 valence electrons. The summed E-state index contributed by atoms with van der Waals surface area (Å²) in [6.45, 7) is 7.87. The highest BCUT2D eigenvalue weighted by molar-refractivity contribution is 9.10. The second-order valence-corrected chi connectivity index (χ2v) is 5.71. The highest BCUT2D eigenvalue weighted by Crippen LogP contribution is 2.24. The number of nitrogens with one attached hydrogen (secondary N) is 1. The van der Waals surface area contributed by atoms with Crippen LogP contribution in [0.4, 0.5) is 0 Å². The van der Waals surface area contributed by atoms with E-state index < -0.39 is 0 Å². The van der Waals surface area contributed by atoms with Gasteiger partial charge in [-0.2, -0.15) is 0 Å². The largest absolute Gasteiger partial charge is 0.496 e. The van der Waals surface area contributed by atoms with Gasteiger partial charge in [-0.15, -0.1) is 0 Å². The number of hydrogen-bond donors (Lipinski definition) is 1. The van der Waals surface area contributed by atoms with Gasteiger partial charge in [0.2, 0.25) is 0 Å². The zero-order chi connectivity index (χ0) is 14.3. The van der Waals surface area contributed by atoms with Gasteiger partial charge in [0.05, 0.1) is 19.8 Å². The van der Waals surface area contributed by atoms with Crippen molar-refractivity contribution in [1.82, 2.24) is 5.32 Å². The minimum absolute atomic E-state index is 0.255. The minimum Gasteiger partial charge on any atom is -0.496 e. The number of benzene rings is 1. The first kappa shape index (κ1) is 16.5. The molecule has 1 aromatic carbocycles. The number of ether oxygens (including phenoxy) is 2. The van der Waals surface area contributed by atoms with Gasteiger partial charge in [0.1, 0.15) is 5.75 Å². The van der Waals surface area contributed by atoms with Crippen LogP contribution in [-0.4, -0.2) is 32.4 Å². The van der Waals surface area contributed by atoms with E-state index in [4.69, 9.17) is 9.47 Å². The molecule has 0 aromatic heterocycles. The summed E-state index contributed by atoms with van der Waals surface area (Å²) < 4.78 is 12.2. The van der Waals surface area contributed by atoms with Gasteiger partial charge in [-0.05, 0) is 50.6 Å². The van der Waals surface area contributed by atoms with Gasteiger partial charge >= 0.3 is 0 Å². The van der Waals surface area contributed by atoms with Crippen LogP contribution in [0.25, 0.3) is 0 Å². The zero-order valence-electron chi connectivity index (χ0n) is 12.2. The van der Waals surface area contributed by atoms with E-state index in [1.165, 1.54) is 5.56 Å². The Bertz CT molecular complexity index is 382. The summed E-state index contributed by atoms with van der Waals surface area (Å²) in [6, 6.07) is 6.40. The third kappa shape index (κ3) is 5.93. The fourth-order valence-electron chi connectivity index (χ4n) is 1.96. The molecule has 1 unspecified atom stereocenters. The molecule has 0 aliphatic heterocycles. The van der Waals surface area contributed by atoms with Crippen LogP contribution >= 0.6 is 15.9 Å². The molecule has 0 spiro atoms. The molecule has 1 atom stereocenters. The predicted molar refractivity (Wildman–Crippen MR) is 83.0 cm³/mol. The van der Waals surface area contributed by atoms with Crippen molar-refractivity contribution in [2.45, 2.75) is 39.3 Å². The Labute approximate surface area is 124 Å². The van der Waals surface area contributed by atoms with Crippen molar-refractivity contribution in [2.24, 2.45) is 0 Å². The van der Waals surface area contributed by atoms with Crippen molar-refractivity contribution in [1.29, 1.82) is 0 Å². The van der Waals surface area contributed by atoms with Gasteiger partial charge in [-0.1, -0.05) is 22.9 Å². The molecule has 1 aromatic rings. The molecular weight excluding hydrogens is 306 g/mol. The monoisotopic (exact) mass is 329 g/mol. The zero-order valence-corrected chi connectivity index (χ0v) is 13.8. The summed E-state index contributed by atoms with van der Waals surface area (Å²) >= 11 is 3.51. The Balaban J connectivity index is 2.74. The molecule has 0 bridgehead atoms. The fraction of sp³-hybridized carbons (Fsp3) is 0.600. The van der Waals surface area contributed by atoms with Crippen molar-refractivity contribution in [3.05, 3.63) is 28.2 Å². The van der Waals surface area contributed by atoms with E-state index in [1.807, 2.05) is 12.1 Å². The summed E-state index contributed by atoms with van der Waals surface area (Å²) in [6.07, 6.45) is 1.15. The lowest BCUT2D eigenvalue weighted by Gasteiger charge is -2.21. The summed E-state index contributed by atoms with van der Waals surface area (Å²) in [7, 11) is 1.71. The van der Waals surface area contributed by atoms with E-state index in [1.54, 1.807) is 7.11 Å². The Kier molecular flexibility index (Phi) is 7.42. The maximum Gasteiger partial charge on any atom is 0.122 e. The van der Waals surface area contributed by atoms with Crippen molar-refractivity contribution in [3.63, 3.8) is 0 Å². The standard InChI is InChI=1S/C15H24BrNO2/c1-5-17-14(10-19-11(2)3)9-12-8-13(16)6-7-15(12)18-4/h6-8,11,14,17H,5,9-10H2,1-4H3. The SMILES string of the molecule is CCNC(COC(C)C)Cc1cc(Br)ccc1OC. The molecule has 19 heavy (non-hydrogen) atoms. The van der Waals surface area contributed by atoms with Gasteiger partial charge in [0.25, 0.3) is 0 Å². The number of likely N-dealkylation sites (N-methyl/N-ethyl adjacent to an activating group) is 1.